The van der Waals surface area contributed by atoms with E-state index in [0.29, 0.717) is 24.1 Å². The molecule has 0 aliphatic heterocycles. The van der Waals surface area contributed by atoms with Crippen molar-refractivity contribution in [2.24, 2.45) is 0 Å². The molecule has 25 heavy (non-hydrogen) atoms. The Kier molecular flexibility index (Phi) is 6.28. The molecule has 1 aromatic heterocycles. The maximum atomic E-state index is 12.7. The van der Waals surface area contributed by atoms with Gasteiger partial charge in [-0.25, -0.2) is 4.68 Å². The predicted molar refractivity (Wildman–Crippen MR) is 99.9 cm³/mol. The third kappa shape index (κ3) is 4.44. The number of rotatable bonds is 7. The molecule has 0 saturated heterocycles. The van der Waals surface area contributed by atoms with Crippen LogP contribution in [0.4, 0.5) is 5.69 Å². The van der Waals surface area contributed by atoms with Crippen molar-refractivity contribution in [1.29, 1.82) is 0 Å². The average molecular weight is 339 g/mol. The summed E-state index contributed by atoms with van der Waals surface area (Å²) < 4.78 is 1.43. The summed E-state index contributed by atoms with van der Waals surface area (Å²) in [6.45, 7) is 9.58. The van der Waals surface area contributed by atoms with E-state index in [4.69, 9.17) is 0 Å². The first kappa shape index (κ1) is 18.6. The van der Waals surface area contributed by atoms with Crippen LogP contribution >= 0.6 is 0 Å². The molecule has 132 valence electrons. The van der Waals surface area contributed by atoms with Gasteiger partial charge in [0.1, 0.15) is 0 Å². The van der Waals surface area contributed by atoms with Crippen molar-refractivity contribution in [2.45, 2.75) is 46.5 Å². The number of nitrogens with zero attached hydrogens (tertiary/aromatic N) is 2. The molecule has 1 amide bonds. The average Bonchev–Trinajstić information content (AvgIpc) is 2.88. The lowest BCUT2D eigenvalue weighted by Crippen LogP contribution is -2.16. The van der Waals surface area contributed by atoms with Crippen LogP contribution in [-0.2, 0) is 11.2 Å². The standard InChI is InChI=1S/C20H25N3O2/c1-5-7-9-19(24)21-17-12-10-16(11-13-17)20(25)23-15(4)18(8-6-2)14(3)22-23/h6,10-13H,2,5,7-9H2,1,3-4H3,(H,21,24). The van der Waals surface area contributed by atoms with Crippen molar-refractivity contribution in [3.05, 3.63) is 59.4 Å². The summed E-state index contributed by atoms with van der Waals surface area (Å²) in [6.07, 6.45) is 4.86. The van der Waals surface area contributed by atoms with Gasteiger partial charge in [-0.1, -0.05) is 19.4 Å². The van der Waals surface area contributed by atoms with Gasteiger partial charge in [0.05, 0.1) is 5.69 Å². The van der Waals surface area contributed by atoms with Crippen LogP contribution in [0.1, 0.15) is 53.5 Å². The van der Waals surface area contributed by atoms with E-state index in [1.807, 2.05) is 26.8 Å². The van der Waals surface area contributed by atoms with Crippen molar-refractivity contribution < 1.29 is 9.59 Å². The first-order valence-corrected chi connectivity index (χ1v) is 8.58. The Morgan fingerprint density at radius 3 is 2.52 bits per heavy atom. The number of unbranched alkanes of at least 4 members (excludes halogenated alkanes) is 1. The Hall–Kier alpha value is -2.69. The number of anilines is 1. The smallest absolute Gasteiger partial charge is 0.278 e. The Morgan fingerprint density at radius 1 is 1.24 bits per heavy atom. The molecular formula is C20H25N3O2. The molecule has 1 N–H and O–H groups in total. The van der Waals surface area contributed by atoms with Gasteiger partial charge >= 0.3 is 0 Å². The molecule has 2 rings (SSSR count). The summed E-state index contributed by atoms with van der Waals surface area (Å²) in [4.78, 5) is 24.5. The van der Waals surface area contributed by atoms with Gasteiger partial charge in [-0.05, 0) is 51.0 Å². The Bertz CT molecular complexity index is 773. The van der Waals surface area contributed by atoms with Crippen molar-refractivity contribution in [1.82, 2.24) is 9.78 Å². The number of benzene rings is 1. The van der Waals surface area contributed by atoms with E-state index >= 15 is 0 Å². The zero-order chi connectivity index (χ0) is 18.4. The molecule has 5 nitrogen and oxygen atoms in total. The number of aromatic nitrogens is 2. The Labute approximate surface area is 148 Å². The maximum Gasteiger partial charge on any atom is 0.278 e. The van der Waals surface area contributed by atoms with Crippen LogP contribution in [-0.4, -0.2) is 21.6 Å². The molecule has 0 spiro atoms. The number of nitrogens with one attached hydrogen (secondary N) is 1. The quantitative estimate of drug-likeness (QED) is 0.774. The predicted octanol–water partition coefficient (Wildman–Crippen LogP) is 4.05. The topological polar surface area (TPSA) is 64.0 Å². The molecule has 0 aliphatic carbocycles. The first-order valence-electron chi connectivity index (χ1n) is 8.58. The SMILES string of the molecule is C=CCc1c(C)nn(C(=O)c2ccc(NC(=O)CCCC)cc2)c1C. The zero-order valence-corrected chi connectivity index (χ0v) is 15.1. The van der Waals surface area contributed by atoms with Crippen LogP contribution in [0.5, 0.6) is 0 Å². The van der Waals surface area contributed by atoms with Crippen molar-refractivity contribution in [2.75, 3.05) is 5.32 Å². The fourth-order valence-electron chi connectivity index (χ4n) is 2.69. The summed E-state index contributed by atoms with van der Waals surface area (Å²) >= 11 is 0. The number of carbonyl (C=O) groups is 2. The second-order valence-electron chi connectivity index (χ2n) is 6.09. The maximum absolute atomic E-state index is 12.7. The minimum Gasteiger partial charge on any atom is -0.326 e. The van der Waals surface area contributed by atoms with E-state index in [1.54, 1.807) is 24.3 Å². The molecule has 0 radical (unpaired) electrons. The highest BCUT2D eigenvalue weighted by Gasteiger charge is 2.17. The lowest BCUT2D eigenvalue weighted by atomic mass is 10.1. The fourth-order valence-corrected chi connectivity index (χ4v) is 2.69. The van der Waals surface area contributed by atoms with Gasteiger partial charge in [0.15, 0.2) is 0 Å². The number of aryl methyl sites for hydroxylation is 1. The third-order valence-electron chi connectivity index (χ3n) is 4.16. The number of hydrogen-bond acceptors (Lipinski definition) is 3. The summed E-state index contributed by atoms with van der Waals surface area (Å²) in [6, 6.07) is 6.91. The zero-order valence-electron chi connectivity index (χ0n) is 15.1. The Morgan fingerprint density at radius 2 is 1.92 bits per heavy atom. The normalized spacial score (nSPS) is 10.5. The van der Waals surface area contributed by atoms with Gasteiger partial charge in [-0.2, -0.15) is 5.10 Å². The molecule has 2 aromatic rings. The second-order valence-corrected chi connectivity index (χ2v) is 6.09. The van der Waals surface area contributed by atoms with Gasteiger partial charge in [-0.15, -0.1) is 6.58 Å². The van der Waals surface area contributed by atoms with Crippen LogP contribution in [0.3, 0.4) is 0 Å². The monoisotopic (exact) mass is 339 g/mol. The summed E-state index contributed by atoms with van der Waals surface area (Å²) in [7, 11) is 0. The number of allylic oxidation sites excluding steroid dienone is 1. The second kappa shape index (κ2) is 8.42. The van der Waals surface area contributed by atoms with Crippen LogP contribution < -0.4 is 5.32 Å². The highest BCUT2D eigenvalue weighted by Crippen LogP contribution is 2.17. The number of amides is 1. The van der Waals surface area contributed by atoms with Gasteiger partial charge < -0.3 is 5.32 Å². The van der Waals surface area contributed by atoms with Crippen molar-refractivity contribution >= 4 is 17.5 Å². The van der Waals surface area contributed by atoms with Crippen LogP contribution in [0.15, 0.2) is 36.9 Å². The molecule has 0 fully saturated rings. The van der Waals surface area contributed by atoms with Crippen LogP contribution in [0.25, 0.3) is 0 Å². The van der Waals surface area contributed by atoms with E-state index in [2.05, 4.69) is 17.0 Å². The fraction of sp³-hybridized carbons (Fsp3) is 0.350. The molecule has 0 saturated carbocycles. The molecular weight excluding hydrogens is 314 g/mol. The molecule has 0 bridgehead atoms. The van der Waals surface area contributed by atoms with E-state index in [-0.39, 0.29) is 11.8 Å². The van der Waals surface area contributed by atoms with E-state index < -0.39 is 0 Å². The molecule has 1 heterocycles. The van der Waals surface area contributed by atoms with Gasteiger partial charge in [0.25, 0.3) is 5.91 Å². The minimum absolute atomic E-state index is 0.00598. The molecule has 0 atom stereocenters. The summed E-state index contributed by atoms with van der Waals surface area (Å²) in [5, 5.41) is 7.20. The Balaban J connectivity index is 2.14. The molecule has 0 aliphatic rings. The first-order chi connectivity index (χ1) is 12.0. The van der Waals surface area contributed by atoms with E-state index in [9.17, 15) is 9.59 Å². The lowest BCUT2D eigenvalue weighted by molar-refractivity contribution is -0.116. The third-order valence-corrected chi connectivity index (χ3v) is 4.16. The van der Waals surface area contributed by atoms with Crippen LogP contribution in [0, 0.1) is 13.8 Å². The number of carbonyl (C=O) groups excluding carboxylic acids is 2. The largest absolute Gasteiger partial charge is 0.326 e. The van der Waals surface area contributed by atoms with E-state index in [1.165, 1.54) is 4.68 Å². The van der Waals surface area contributed by atoms with E-state index in [0.717, 1.165) is 29.8 Å². The molecule has 5 heteroatoms. The van der Waals surface area contributed by atoms with Gasteiger partial charge in [0, 0.05) is 28.9 Å². The van der Waals surface area contributed by atoms with Crippen molar-refractivity contribution in [3.63, 3.8) is 0 Å². The summed E-state index contributed by atoms with van der Waals surface area (Å²) in [5.74, 6) is -0.187. The van der Waals surface area contributed by atoms with Crippen LogP contribution in [0.2, 0.25) is 0 Å². The summed E-state index contributed by atoms with van der Waals surface area (Å²) in [5.41, 5.74) is 3.92. The lowest BCUT2D eigenvalue weighted by Gasteiger charge is -2.07. The highest BCUT2D eigenvalue weighted by atomic mass is 16.2. The highest BCUT2D eigenvalue weighted by molar-refractivity contribution is 5.97. The van der Waals surface area contributed by atoms with Gasteiger partial charge in [-0.3, -0.25) is 9.59 Å². The number of hydrogen-bond donors (Lipinski definition) is 1. The molecule has 1 aromatic carbocycles. The van der Waals surface area contributed by atoms with Gasteiger partial charge in [0.2, 0.25) is 5.91 Å². The minimum atomic E-state index is -0.181. The molecule has 0 unspecified atom stereocenters. The van der Waals surface area contributed by atoms with Crippen molar-refractivity contribution in [3.8, 4) is 0 Å².